The zero-order valence-electron chi connectivity index (χ0n) is 13.7. The minimum absolute atomic E-state index is 0.144. The molecule has 5 heteroatoms. The summed E-state index contributed by atoms with van der Waals surface area (Å²) in [6.07, 6.45) is 0. The maximum atomic E-state index is 12.8. The van der Waals surface area contributed by atoms with Crippen molar-refractivity contribution in [2.75, 3.05) is 5.32 Å². The van der Waals surface area contributed by atoms with E-state index in [-0.39, 0.29) is 11.7 Å². The molecule has 0 unspecified atom stereocenters. The molecule has 26 heavy (non-hydrogen) atoms. The van der Waals surface area contributed by atoms with Gasteiger partial charge in [-0.3, -0.25) is 9.79 Å². The number of carbonyl (C=O) groups excluding carboxylic acids is 1. The van der Waals surface area contributed by atoms with Crippen LogP contribution >= 0.6 is 11.6 Å². The molecule has 1 heterocycles. The Balaban J connectivity index is 1.92. The van der Waals surface area contributed by atoms with E-state index >= 15 is 0 Å². The fourth-order valence-corrected chi connectivity index (χ4v) is 3.16. The number of phenolic OH excluding ortho intramolecular Hbond substituents is 1. The van der Waals surface area contributed by atoms with Crippen LogP contribution < -0.4 is 5.32 Å². The van der Waals surface area contributed by atoms with Crippen LogP contribution in [0.2, 0.25) is 5.02 Å². The Labute approximate surface area is 155 Å². The lowest BCUT2D eigenvalue weighted by molar-refractivity contribution is -0.117. The molecule has 1 aliphatic heterocycles. The summed E-state index contributed by atoms with van der Waals surface area (Å²) in [5.41, 5.74) is 3.74. The third-order valence-electron chi connectivity index (χ3n) is 4.26. The number of aliphatic imine (C=N–C) groups is 1. The van der Waals surface area contributed by atoms with Crippen LogP contribution in [-0.4, -0.2) is 16.7 Å². The summed E-state index contributed by atoms with van der Waals surface area (Å²) >= 11 is 6.19. The van der Waals surface area contributed by atoms with Crippen LogP contribution in [0.1, 0.15) is 22.7 Å². The van der Waals surface area contributed by atoms with Gasteiger partial charge in [0.05, 0.1) is 11.4 Å². The first-order chi connectivity index (χ1) is 12.6. The summed E-state index contributed by atoms with van der Waals surface area (Å²) in [4.78, 5) is 17.6. The van der Waals surface area contributed by atoms with Gasteiger partial charge in [-0.05, 0) is 35.9 Å². The van der Waals surface area contributed by atoms with Crippen molar-refractivity contribution >= 4 is 28.9 Å². The Bertz CT molecular complexity index is 998. The molecule has 2 N–H and O–H groups in total. The smallest absolute Gasteiger partial charge is 0.253 e. The maximum Gasteiger partial charge on any atom is 0.253 e. The van der Waals surface area contributed by atoms with Gasteiger partial charge in [0.15, 0.2) is 6.04 Å². The summed E-state index contributed by atoms with van der Waals surface area (Å²) in [7, 11) is 0. The van der Waals surface area contributed by atoms with Crippen molar-refractivity contribution in [3.05, 3.63) is 94.5 Å². The van der Waals surface area contributed by atoms with Gasteiger partial charge < -0.3 is 10.4 Å². The van der Waals surface area contributed by atoms with Gasteiger partial charge in [0, 0.05) is 16.1 Å². The molecular formula is C21H15ClN2O2. The molecule has 3 aromatic rings. The Morgan fingerprint density at radius 2 is 1.69 bits per heavy atom. The zero-order chi connectivity index (χ0) is 18.1. The molecule has 1 atom stereocenters. The van der Waals surface area contributed by atoms with Crippen LogP contribution in [0, 0.1) is 0 Å². The van der Waals surface area contributed by atoms with Crippen molar-refractivity contribution < 1.29 is 9.90 Å². The second-order valence-electron chi connectivity index (χ2n) is 6.02. The van der Waals surface area contributed by atoms with Crippen molar-refractivity contribution in [2.45, 2.75) is 6.04 Å². The van der Waals surface area contributed by atoms with E-state index in [0.29, 0.717) is 22.0 Å². The zero-order valence-corrected chi connectivity index (χ0v) is 14.4. The van der Waals surface area contributed by atoms with Gasteiger partial charge in [0.25, 0.3) is 5.91 Å². The van der Waals surface area contributed by atoms with E-state index in [4.69, 9.17) is 16.6 Å². The lowest BCUT2D eigenvalue weighted by Crippen LogP contribution is -2.18. The van der Waals surface area contributed by atoms with Crippen LogP contribution in [0.5, 0.6) is 5.75 Å². The van der Waals surface area contributed by atoms with E-state index in [1.807, 2.05) is 36.4 Å². The van der Waals surface area contributed by atoms with Gasteiger partial charge in [-0.25, -0.2) is 0 Å². The topological polar surface area (TPSA) is 61.7 Å². The molecule has 0 aliphatic carbocycles. The second-order valence-corrected chi connectivity index (χ2v) is 6.45. The lowest BCUT2D eigenvalue weighted by atomic mass is 10.0. The number of hydrogen-bond acceptors (Lipinski definition) is 3. The van der Waals surface area contributed by atoms with Gasteiger partial charge in [-0.15, -0.1) is 0 Å². The SMILES string of the molecule is O=C1Nc2ccc(Cl)cc2C(c2ccccc2)=N[C@H]1c1ccc(O)cc1. The van der Waals surface area contributed by atoms with E-state index in [0.717, 1.165) is 11.1 Å². The Morgan fingerprint density at radius 1 is 0.962 bits per heavy atom. The fraction of sp³-hybridized carbons (Fsp3) is 0.0476. The van der Waals surface area contributed by atoms with Crippen molar-refractivity contribution in [1.82, 2.24) is 0 Å². The van der Waals surface area contributed by atoms with E-state index < -0.39 is 6.04 Å². The number of fused-ring (bicyclic) bond motifs is 1. The predicted molar refractivity (Wildman–Crippen MR) is 103 cm³/mol. The van der Waals surface area contributed by atoms with Gasteiger partial charge in [0.2, 0.25) is 0 Å². The number of carbonyl (C=O) groups is 1. The fourth-order valence-electron chi connectivity index (χ4n) is 2.99. The van der Waals surface area contributed by atoms with Crippen LogP contribution in [-0.2, 0) is 4.79 Å². The minimum Gasteiger partial charge on any atom is -0.508 e. The molecule has 0 saturated carbocycles. The Kier molecular flexibility index (Phi) is 4.19. The first kappa shape index (κ1) is 16.4. The summed E-state index contributed by atoms with van der Waals surface area (Å²) in [6.45, 7) is 0. The third-order valence-corrected chi connectivity index (χ3v) is 4.49. The molecule has 0 bridgehead atoms. The van der Waals surface area contributed by atoms with Crippen molar-refractivity contribution in [1.29, 1.82) is 0 Å². The monoisotopic (exact) mass is 362 g/mol. The molecule has 4 nitrogen and oxygen atoms in total. The number of phenols is 1. The number of anilines is 1. The molecule has 1 aliphatic rings. The number of amides is 1. The van der Waals surface area contributed by atoms with Crippen molar-refractivity contribution in [2.24, 2.45) is 4.99 Å². The van der Waals surface area contributed by atoms with Crippen LogP contribution in [0.25, 0.3) is 0 Å². The molecule has 0 radical (unpaired) electrons. The molecule has 3 aromatic carbocycles. The summed E-state index contributed by atoms with van der Waals surface area (Å²) in [5.74, 6) is -0.0877. The average Bonchev–Trinajstić information content (AvgIpc) is 2.79. The first-order valence-electron chi connectivity index (χ1n) is 8.15. The van der Waals surface area contributed by atoms with Gasteiger partial charge >= 0.3 is 0 Å². The highest BCUT2D eigenvalue weighted by Crippen LogP contribution is 2.32. The molecular weight excluding hydrogens is 348 g/mol. The number of benzene rings is 3. The van der Waals surface area contributed by atoms with Crippen LogP contribution in [0.4, 0.5) is 5.69 Å². The molecule has 4 rings (SSSR count). The van der Waals surface area contributed by atoms with Crippen molar-refractivity contribution in [3.8, 4) is 5.75 Å². The van der Waals surface area contributed by atoms with Crippen LogP contribution in [0.15, 0.2) is 77.8 Å². The van der Waals surface area contributed by atoms with E-state index in [1.165, 1.54) is 0 Å². The van der Waals surface area contributed by atoms with Crippen molar-refractivity contribution in [3.63, 3.8) is 0 Å². The first-order valence-corrected chi connectivity index (χ1v) is 8.52. The molecule has 0 saturated heterocycles. The van der Waals surface area contributed by atoms with E-state index in [1.54, 1.807) is 36.4 Å². The molecule has 0 spiro atoms. The second kappa shape index (κ2) is 6.65. The highest BCUT2D eigenvalue weighted by Gasteiger charge is 2.27. The summed E-state index contributed by atoms with van der Waals surface area (Å²) in [5, 5.41) is 13.0. The van der Waals surface area contributed by atoms with Crippen LogP contribution in [0.3, 0.4) is 0 Å². The lowest BCUT2D eigenvalue weighted by Gasteiger charge is -2.11. The number of hydrogen-bond donors (Lipinski definition) is 2. The minimum atomic E-state index is -0.725. The number of benzodiazepines with no additional fused rings is 1. The molecule has 128 valence electrons. The molecule has 0 aromatic heterocycles. The molecule has 0 fully saturated rings. The van der Waals surface area contributed by atoms with Gasteiger partial charge in [-0.2, -0.15) is 0 Å². The Morgan fingerprint density at radius 3 is 2.42 bits per heavy atom. The number of nitrogens with zero attached hydrogens (tertiary/aromatic N) is 1. The molecule has 1 amide bonds. The van der Waals surface area contributed by atoms with E-state index in [2.05, 4.69) is 5.32 Å². The number of halogens is 1. The normalized spacial score (nSPS) is 16.3. The third kappa shape index (κ3) is 3.07. The summed E-state index contributed by atoms with van der Waals surface area (Å²) < 4.78 is 0. The number of rotatable bonds is 2. The predicted octanol–water partition coefficient (Wildman–Crippen LogP) is 4.58. The average molecular weight is 363 g/mol. The largest absolute Gasteiger partial charge is 0.508 e. The highest BCUT2D eigenvalue weighted by atomic mass is 35.5. The van der Waals surface area contributed by atoms with Gasteiger partial charge in [0.1, 0.15) is 5.75 Å². The maximum absolute atomic E-state index is 12.8. The standard InChI is InChI=1S/C21H15ClN2O2/c22-15-8-11-18-17(12-15)19(13-4-2-1-3-5-13)24-20(21(26)23-18)14-6-9-16(25)10-7-14/h1-12,20,25H,(H,23,26)/t20-/m0/s1. The number of nitrogens with one attached hydrogen (secondary N) is 1. The number of aromatic hydroxyl groups is 1. The summed E-state index contributed by atoms with van der Waals surface area (Å²) in [6, 6.07) is 20.8. The highest BCUT2D eigenvalue weighted by molar-refractivity contribution is 6.32. The Hall–Kier alpha value is -3.11. The van der Waals surface area contributed by atoms with E-state index in [9.17, 15) is 9.90 Å². The quantitative estimate of drug-likeness (QED) is 0.701. The van der Waals surface area contributed by atoms with Gasteiger partial charge in [-0.1, -0.05) is 54.1 Å².